The summed E-state index contributed by atoms with van der Waals surface area (Å²) in [6, 6.07) is 18.2. The maximum Gasteiger partial charge on any atom is 0.404 e. The number of aromatic nitrogens is 1. The summed E-state index contributed by atoms with van der Waals surface area (Å²) in [5.41, 5.74) is 2.91. The molecule has 11 nitrogen and oxygen atoms in total. The average Bonchev–Trinajstić information content (AvgIpc) is 3.30. The van der Waals surface area contributed by atoms with Crippen molar-refractivity contribution in [1.29, 1.82) is 0 Å². The highest BCUT2D eigenvalue weighted by atomic mass is 32.2. The van der Waals surface area contributed by atoms with E-state index in [-0.39, 0.29) is 36.2 Å². The molecule has 2 atom stereocenters. The van der Waals surface area contributed by atoms with E-state index in [0.717, 1.165) is 11.3 Å². The molecule has 5 N–H and O–H groups in total. The molecule has 3 aromatic rings. The Morgan fingerprint density at radius 1 is 1.09 bits per heavy atom. The normalized spacial score (nSPS) is 15.3. The van der Waals surface area contributed by atoms with Crippen LogP contribution in [0.1, 0.15) is 30.7 Å². The van der Waals surface area contributed by atoms with Gasteiger partial charge in [0.15, 0.2) is 0 Å². The zero-order valence-electron chi connectivity index (χ0n) is 24.1. The van der Waals surface area contributed by atoms with Gasteiger partial charge in [-0.15, -0.1) is 0 Å². The monoisotopic (exact) mass is 607 g/mol. The highest BCUT2D eigenvalue weighted by Crippen LogP contribution is 2.35. The molecule has 0 saturated carbocycles. The second-order valence-corrected chi connectivity index (χ2v) is 12.6. The first-order valence-corrected chi connectivity index (χ1v) is 15.5. The summed E-state index contributed by atoms with van der Waals surface area (Å²) in [6.07, 6.45) is 1.43. The Morgan fingerprint density at radius 3 is 2.51 bits per heavy atom. The van der Waals surface area contributed by atoms with E-state index in [1.807, 2.05) is 62.4 Å². The van der Waals surface area contributed by atoms with Crippen molar-refractivity contribution in [3.8, 4) is 0 Å². The van der Waals surface area contributed by atoms with Crippen LogP contribution in [0, 0.1) is 5.92 Å². The van der Waals surface area contributed by atoms with Gasteiger partial charge in [0.25, 0.3) is 5.91 Å². The van der Waals surface area contributed by atoms with Crippen LogP contribution in [0.3, 0.4) is 0 Å². The number of sulfonamides is 1. The maximum absolute atomic E-state index is 14.3. The fraction of sp³-hybridized carbons (Fsp3) is 0.323. The summed E-state index contributed by atoms with van der Waals surface area (Å²) in [5, 5.41) is 28.3. The van der Waals surface area contributed by atoms with Crippen molar-refractivity contribution in [2.75, 3.05) is 25.0 Å². The molecule has 1 aliphatic rings. The number of benzene rings is 2. The van der Waals surface area contributed by atoms with Crippen LogP contribution in [0.15, 0.2) is 84.0 Å². The number of fused-ring (bicyclic) bond motifs is 1. The lowest BCUT2D eigenvalue weighted by atomic mass is 10.0. The molecule has 2 amide bonds. The number of carboxylic acid groups (broad SMARTS) is 1. The minimum Gasteiger partial charge on any atom is -0.465 e. The van der Waals surface area contributed by atoms with E-state index in [1.54, 1.807) is 18.5 Å². The van der Waals surface area contributed by atoms with E-state index in [4.69, 9.17) is 5.11 Å². The molecule has 1 aliphatic heterocycles. The average molecular weight is 608 g/mol. The van der Waals surface area contributed by atoms with Crippen LogP contribution in [0.25, 0.3) is 5.57 Å². The molecule has 2 unspecified atom stereocenters. The van der Waals surface area contributed by atoms with Gasteiger partial charge in [-0.1, -0.05) is 50.2 Å². The number of carbonyl (C=O) groups is 2. The van der Waals surface area contributed by atoms with E-state index in [2.05, 4.69) is 20.9 Å². The van der Waals surface area contributed by atoms with Gasteiger partial charge in [0.2, 0.25) is 10.0 Å². The number of aliphatic hydroxyl groups excluding tert-OH is 1. The Bertz CT molecular complexity index is 1550. The third-order valence-electron chi connectivity index (χ3n) is 6.99. The number of rotatable bonds is 14. The lowest BCUT2D eigenvalue weighted by molar-refractivity contribution is -0.110. The van der Waals surface area contributed by atoms with Crippen molar-refractivity contribution in [1.82, 2.24) is 19.9 Å². The largest absolute Gasteiger partial charge is 0.465 e. The molecular weight excluding hydrogens is 570 g/mol. The van der Waals surface area contributed by atoms with Crippen molar-refractivity contribution < 1.29 is 28.2 Å². The van der Waals surface area contributed by atoms with E-state index in [9.17, 15) is 23.1 Å². The third-order valence-corrected chi connectivity index (χ3v) is 8.87. The lowest BCUT2D eigenvalue weighted by Crippen LogP contribution is -2.52. The first kappa shape index (κ1) is 31.7. The van der Waals surface area contributed by atoms with Crippen molar-refractivity contribution in [3.05, 3.63) is 95.9 Å². The maximum atomic E-state index is 14.3. The van der Waals surface area contributed by atoms with Crippen LogP contribution in [0.2, 0.25) is 0 Å². The van der Waals surface area contributed by atoms with Gasteiger partial charge < -0.3 is 26.2 Å². The molecule has 2 heterocycles. The Kier molecular flexibility index (Phi) is 10.5. The van der Waals surface area contributed by atoms with Gasteiger partial charge in [-0.25, -0.2) is 13.2 Å². The van der Waals surface area contributed by atoms with Crippen molar-refractivity contribution in [2.45, 2.75) is 43.7 Å². The zero-order chi connectivity index (χ0) is 31.0. The van der Waals surface area contributed by atoms with Gasteiger partial charge in [-0.05, 0) is 48.2 Å². The number of aliphatic hydroxyl groups is 1. The summed E-state index contributed by atoms with van der Waals surface area (Å²) in [6.45, 7) is 3.98. The second-order valence-electron chi connectivity index (χ2n) is 10.7. The number of hydrogen-bond donors (Lipinski definition) is 5. The molecule has 12 heteroatoms. The topological polar surface area (TPSA) is 161 Å². The fourth-order valence-corrected chi connectivity index (χ4v) is 6.76. The van der Waals surface area contributed by atoms with Gasteiger partial charge >= 0.3 is 6.09 Å². The summed E-state index contributed by atoms with van der Waals surface area (Å²) in [4.78, 5) is 28.2. The molecule has 0 bridgehead atoms. The molecule has 43 heavy (non-hydrogen) atoms. The number of nitrogens with zero attached hydrogens (tertiary/aromatic N) is 2. The van der Waals surface area contributed by atoms with E-state index in [0.29, 0.717) is 29.8 Å². The standard InChI is InChI=1S/C31H37N5O6S/c1-21(2)20-36(28(29(37)19-34-31(39)40)16-22-8-4-3-5-9-22)43(41,42)24-11-12-27-25(17-24)26(30(38)35-27)18-32-15-13-23-10-6-7-14-33-23/h3-12,14,17-18,21,28-29,32,34,37H,13,15-16,19-20H2,1-2H3,(H,35,38)(H,39,40). The number of amides is 2. The summed E-state index contributed by atoms with van der Waals surface area (Å²) >= 11 is 0. The molecule has 0 fully saturated rings. The Morgan fingerprint density at radius 2 is 1.84 bits per heavy atom. The van der Waals surface area contributed by atoms with E-state index < -0.39 is 28.3 Å². The molecule has 2 aromatic carbocycles. The Balaban J connectivity index is 1.65. The first-order valence-electron chi connectivity index (χ1n) is 14.1. The molecule has 228 valence electrons. The third kappa shape index (κ3) is 8.19. The predicted octanol–water partition coefficient (Wildman–Crippen LogP) is 3.09. The molecule has 0 aliphatic carbocycles. The number of pyridine rings is 1. The number of carbonyl (C=O) groups excluding carboxylic acids is 1. The van der Waals surface area contributed by atoms with Gasteiger partial charge in [0.1, 0.15) is 0 Å². The number of anilines is 1. The van der Waals surface area contributed by atoms with Crippen LogP contribution in [-0.4, -0.2) is 71.7 Å². The lowest BCUT2D eigenvalue weighted by Gasteiger charge is -2.35. The smallest absolute Gasteiger partial charge is 0.404 e. The van der Waals surface area contributed by atoms with Crippen LogP contribution < -0.4 is 16.0 Å². The minimum atomic E-state index is -4.22. The van der Waals surface area contributed by atoms with Crippen LogP contribution in [0.4, 0.5) is 10.5 Å². The molecule has 0 spiro atoms. The van der Waals surface area contributed by atoms with Crippen LogP contribution in [0.5, 0.6) is 0 Å². The van der Waals surface area contributed by atoms with Crippen molar-refractivity contribution >= 4 is 33.3 Å². The highest BCUT2D eigenvalue weighted by Gasteiger charge is 2.37. The second kappa shape index (κ2) is 14.3. The fourth-order valence-electron chi connectivity index (χ4n) is 4.91. The number of hydrogen-bond acceptors (Lipinski definition) is 7. The van der Waals surface area contributed by atoms with E-state index in [1.165, 1.54) is 16.4 Å². The van der Waals surface area contributed by atoms with Crippen molar-refractivity contribution in [2.24, 2.45) is 5.92 Å². The number of nitrogens with one attached hydrogen (secondary N) is 3. The SMILES string of the molecule is CC(C)CN(C(Cc1ccccc1)C(O)CNC(=O)O)S(=O)(=O)c1ccc2c(c1)C(=CNCCc1ccccn1)C(=O)N2. The van der Waals surface area contributed by atoms with Gasteiger partial charge in [-0.2, -0.15) is 4.31 Å². The van der Waals surface area contributed by atoms with Gasteiger partial charge in [0, 0.05) is 55.4 Å². The molecular formula is C31H37N5O6S. The Hall–Kier alpha value is -4.26. The van der Waals surface area contributed by atoms with Gasteiger partial charge in [0.05, 0.1) is 22.6 Å². The van der Waals surface area contributed by atoms with Gasteiger partial charge in [-0.3, -0.25) is 9.78 Å². The summed E-state index contributed by atoms with van der Waals surface area (Å²) in [7, 11) is -4.22. The van der Waals surface area contributed by atoms with Crippen LogP contribution in [-0.2, 0) is 27.7 Å². The summed E-state index contributed by atoms with van der Waals surface area (Å²) in [5.74, 6) is -0.463. The quantitative estimate of drug-likeness (QED) is 0.138. The van der Waals surface area contributed by atoms with Crippen LogP contribution >= 0.6 is 0 Å². The molecule has 0 saturated heterocycles. The first-order chi connectivity index (χ1) is 20.6. The molecule has 0 radical (unpaired) electrons. The Labute approximate surface area is 251 Å². The zero-order valence-corrected chi connectivity index (χ0v) is 24.9. The summed E-state index contributed by atoms with van der Waals surface area (Å²) < 4.78 is 29.8. The predicted molar refractivity (Wildman–Crippen MR) is 164 cm³/mol. The van der Waals surface area contributed by atoms with E-state index >= 15 is 0 Å². The highest BCUT2D eigenvalue weighted by molar-refractivity contribution is 7.89. The molecule has 1 aromatic heterocycles. The van der Waals surface area contributed by atoms with Crippen molar-refractivity contribution in [3.63, 3.8) is 0 Å². The minimum absolute atomic E-state index is 0.0424. The molecule has 4 rings (SSSR count).